The first kappa shape index (κ1) is 8.29. The minimum atomic E-state index is -0.585. The van der Waals surface area contributed by atoms with Gasteiger partial charge in [0.25, 0.3) is 0 Å². The summed E-state index contributed by atoms with van der Waals surface area (Å²) < 4.78 is 0. The summed E-state index contributed by atoms with van der Waals surface area (Å²) in [6.07, 6.45) is 7.69. The molecule has 2 rings (SSSR count). The lowest BCUT2D eigenvalue weighted by atomic mass is 9.99. The zero-order valence-electron chi connectivity index (χ0n) is 7.36. The molecular weight excluding hydrogens is 166 g/mol. The van der Waals surface area contributed by atoms with E-state index in [1.165, 1.54) is 6.42 Å². The van der Waals surface area contributed by atoms with Crippen LogP contribution in [-0.2, 0) is 0 Å². The quantitative estimate of drug-likeness (QED) is 0.457. The van der Waals surface area contributed by atoms with E-state index in [0.717, 1.165) is 18.6 Å². The van der Waals surface area contributed by atoms with Gasteiger partial charge in [-0.1, -0.05) is 12.2 Å². The summed E-state index contributed by atoms with van der Waals surface area (Å²) in [6, 6.07) is -0.585. The van der Waals surface area contributed by atoms with E-state index < -0.39 is 6.03 Å². The van der Waals surface area contributed by atoms with E-state index in [1.807, 2.05) is 0 Å². The molecule has 2 amide bonds. The second kappa shape index (κ2) is 3.20. The molecular formula is C9H13N3O. The number of hydrogen-bond donors (Lipinski definition) is 2. The van der Waals surface area contributed by atoms with Crippen LogP contribution in [0.2, 0.25) is 0 Å². The van der Waals surface area contributed by atoms with E-state index in [9.17, 15) is 4.79 Å². The van der Waals surface area contributed by atoms with Crippen LogP contribution in [0.4, 0.5) is 4.79 Å². The van der Waals surface area contributed by atoms with Gasteiger partial charge in [-0.2, -0.15) is 5.10 Å². The van der Waals surface area contributed by atoms with Crippen molar-refractivity contribution in [2.75, 3.05) is 0 Å². The van der Waals surface area contributed by atoms with Crippen LogP contribution in [0.25, 0.3) is 0 Å². The van der Waals surface area contributed by atoms with Crippen LogP contribution in [0.1, 0.15) is 19.3 Å². The first-order valence-electron chi connectivity index (χ1n) is 4.56. The summed E-state index contributed by atoms with van der Waals surface area (Å²) in [5.41, 5.74) is 8.29. The lowest BCUT2D eigenvalue weighted by molar-refractivity contribution is 0.249. The minimum absolute atomic E-state index is 0.451. The van der Waals surface area contributed by atoms with E-state index in [-0.39, 0.29) is 0 Å². The maximum Gasteiger partial charge on any atom is 0.332 e. The average Bonchev–Trinajstić information content (AvgIpc) is 2.60. The van der Waals surface area contributed by atoms with Crippen LogP contribution >= 0.6 is 0 Å². The number of carbonyl (C=O) groups excluding carboxylic acids is 1. The van der Waals surface area contributed by atoms with Crippen molar-refractivity contribution in [1.82, 2.24) is 5.43 Å². The van der Waals surface area contributed by atoms with Crippen molar-refractivity contribution in [3.63, 3.8) is 0 Å². The summed E-state index contributed by atoms with van der Waals surface area (Å²) in [4.78, 5) is 10.4. The Labute approximate surface area is 76.9 Å². The number of rotatable bonds is 1. The number of primary amides is 1. The highest BCUT2D eigenvalue weighted by Crippen LogP contribution is 2.37. The molecule has 13 heavy (non-hydrogen) atoms. The van der Waals surface area contributed by atoms with E-state index in [2.05, 4.69) is 22.7 Å². The molecule has 2 atom stereocenters. The van der Waals surface area contributed by atoms with E-state index in [0.29, 0.717) is 11.8 Å². The molecule has 0 saturated heterocycles. The number of amides is 2. The molecule has 70 valence electrons. The van der Waals surface area contributed by atoms with Gasteiger partial charge in [-0.05, 0) is 25.2 Å². The van der Waals surface area contributed by atoms with Gasteiger partial charge in [0.2, 0.25) is 0 Å². The van der Waals surface area contributed by atoms with Gasteiger partial charge >= 0.3 is 6.03 Å². The van der Waals surface area contributed by atoms with Crippen molar-refractivity contribution in [2.45, 2.75) is 19.3 Å². The largest absolute Gasteiger partial charge is 0.350 e. The standard InChI is InChI=1S/C9H13N3O/c10-9(13)12-11-8-5-4-6-2-1-3-7(6)8/h1,3,6-7H,2,4-5H2,(H3,10,12,13)/b11-8+/t6-,7-/m0/s1. The van der Waals surface area contributed by atoms with Gasteiger partial charge in [0.1, 0.15) is 0 Å². The Balaban J connectivity index is 2.04. The minimum Gasteiger partial charge on any atom is -0.350 e. The number of nitrogens with two attached hydrogens (primary N) is 1. The SMILES string of the molecule is NC(=O)N/N=C1\CC[C@@H]2CC=C[C@H]12. The van der Waals surface area contributed by atoms with Crippen LogP contribution in [-0.4, -0.2) is 11.7 Å². The Morgan fingerprint density at radius 3 is 3.31 bits per heavy atom. The number of hydrogen-bond acceptors (Lipinski definition) is 2. The molecule has 1 saturated carbocycles. The fourth-order valence-corrected chi connectivity index (χ4v) is 2.14. The number of nitrogens with one attached hydrogen (secondary N) is 1. The Bertz CT molecular complexity index is 283. The molecule has 3 N–H and O–H groups in total. The lowest BCUT2D eigenvalue weighted by Crippen LogP contribution is -2.26. The molecule has 2 aliphatic rings. The van der Waals surface area contributed by atoms with Crippen molar-refractivity contribution in [3.8, 4) is 0 Å². The predicted octanol–water partition coefficient (Wildman–Crippen LogP) is 0.997. The number of nitrogens with zero attached hydrogens (tertiary/aromatic N) is 1. The fraction of sp³-hybridized carbons (Fsp3) is 0.556. The summed E-state index contributed by atoms with van der Waals surface area (Å²) in [5.74, 6) is 1.17. The Kier molecular flexibility index (Phi) is 2.04. The first-order valence-corrected chi connectivity index (χ1v) is 4.56. The zero-order chi connectivity index (χ0) is 9.26. The number of allylic oxidation sites excluding steroid dienone is 2. The van der Waals surface area contributed by atoms with Crippen molar-refractivity contribution in [1.29, 1.82) is 0 Å². The Morgan fingerprint density at radius 2 is 2.54 bits per heavy atom. The van der Waals surface area contributed by atoms with Crippen molar-refractivity contribution < 1.29 is 4.79 Å². The smallest absolute Gasteiger partial charge is 0.332 e. The van der Waals surface area contributed by atoms with Gasteiger partial charge in [-0.3, -0.25) is 0 Å². The average molecular weight is 179 g/mol. The monoisotopic (exact) mass is 179 g/mol. The highest BCUT2D eigenvalue weighted by molar-refractivity contribution is 5.91. The first-order chi connectivity index (χ1) is 6.27. The number of carbonyl (C=O) groups is 1. The second-order valence-electron chi connectivity index (χ2n) is 3.57. The maximum absolute atomic E-state index is 10.4. The molecule has 1 fully saturated rings. The van der Waals surface area contributed by atoms with Gasteiger partial charge < -0.3 is 5.73 Å². The molecule has 4 heteroatoms. The fourth-order valence-electron chi connectivity index (χ4n) is 2.14. The molecule has 0 heterocycles. The van der Waals surface area contributed by atoms with Crippen LogP contribution in [0.3, 0.4) is 0 Å². The topological polar surface area (TPSA) is 67.5 Å². The second-order valence-corrected chi connectivity index (χ2v) is 3.57. The number of urea groups is 1. The van der Waals surface area contributed by atoms with Crippen LogP contribution < -0.4 is 11.2 Å². The number of fused-ring (bicyclic) bond motifs is 1. The third kappa shape index (κ3) is 1.56. The summed E-state index contributed by atoms with van der Waals surface area (Å²) in [7, 11) is 0. The summed E-state index contributed by atoms with van der Waals surface area (Å²) in [6.45, 7) is 0. The maximum atomic E-state index is 10.4. The molecule has 0 radical (unpaired) electrons. The van der Waals surface area contributed by atoms with Gasteiger partial charge in [-0.25, -0.2) is 10.2 Å². The molecule has 0 unspecified atom stereocenters. The summed E-state index contributed by atoms with van der Waals surface area (Å²) in [5, 5.41) is 4.01. The molecule has 0 aromatic rings. The number of hydrazone groups is 1. The van der Waals surface area contributed by atoms with Gasteiger partial charge in [0.15, 0.2) is 0 Å². The molecule has 0 aromatic heterocycles. The molecule has 2 aliphatic carbocycles. The predicted molar refractivity (Wildman–Crippen MR) is 50.1 cm³/mol. The highest BCUT2D eigenvalue weighted by Gasteiger charge is 2.33. The van der Waals surface area contributed by atoms with Crippen molar-refractivity contribution >= 4 is 11.7 Å². The van der Waals surface area contributed by atoms with Crippen LogP contribution in [0, 0.1) is 11.8 Å². The molecule has 4 nitrogen and oxygen atoms in total. The van der Waals surface area contributed by atoms with Crippen molar-refractivity contribution in [2.24, 2.45) is 22.7 Å². The Hall–Kier alpha value is -1.32. The van der Waals surface area contributed by atoms with Gasteiger partial charge in [-0.15, -0.1) is 0 Å². The van der Waals surface area contributed by atoms with E-state index in [1.54, 1.807) is 0 Å². The molecule has 0 spiro atoms. The lowest BCUT2D eigenvalue weighted by Gasteiger charge is -2.07. The molecule has 0 aromatic carbocycles. The summed E-state index contributed by atoms with van der Waals surface area (Å²) >= 11 is 0. The zero-order valence-corrected chi connectivity index (χ0v) is 7.36. The molecule has 0 aliphatic heterocycles. The Morgan fingerprint density at radius 1 is 1.69 bits per heavy atom. The van der Waals surface area contributed by atoms with E-state index in [4.69, 9.17) is 5.73 Å². The normalized spacial score (nSPS) is 33.7. The molecule has 0 bridgehead atoms. The van der Waals surface area contributed by atoms with Crippen LogP contribution in [0.15, 0.2) is 17.3 Å². The third-order valence-corrected chi connectivity index (χ3v) is 2.76. The highest BCUT2D eigenvalue weighted by atomic mass is 16.2. The van der Waals surface area contributed by atoms with Gasteiger partial charge in [0.05, 0.1) is 0 Å². The van der Waals surface area contributed by atoms with Crippen molar-refractivity contribution in [3.05, 3.63) is 12.2 Å². The third-order valence-electron chi connectivity index (χ3n) is 2.76. The van der Waals surface area contributed by atoms with Crippen LogP contribution in [0.5, 0.6) is 0 Å². The van der Waals surface area contributed by atoms with Gasteiger partial charge in [0, 0.05) is 11.6 Å². The van der Waals surface area contributed by atoms with E-state index >= 15 is 0 Å².